The molecule has 0 bridgehead atoms. The Morgan fingerprint density at radius 1 is 1.19 bits per heavy atom. The number of hydrogen-bond donors (Lipinski definition) is 1. The summed E-state index contributed by atoms with van der Waals surface area (Å²) in [5.74, 6) is 1.31. The van der Waals surface area contributed by atoms with Gasteiger partial charge in [0.15, 0.2) is 0 Å². The van der Waals surface area contributed by atoms with Crippen molar-refractivity contribution in [3.05, 3.63) is 59.1 Å². The van der Waals surface area contributed by atoms with Crippen molar-refractivity contribution in [3.63, 3.8) is 0 Å². The van der Waals surface area contributed by atoms with Crippen molar-refractivity contribution >= 4 is 23.6 Å². The monoisotopic (exact) mass is 374 g/mol. The Labute approximate surface area is 156 Å². The molecule has 26 heavy (non-hydrogen) atoms. The molecule has 2 aromatic carbocycles. The molecular formula is C19H19ClN2O4. The molecule has 0 saturated heterocycles. The lowest BCUT2D eigenvalue weighted by atomic mass is 10.1. The highest BCUT2D eigenvalue weighted by atomic mass is 35.5. The SMILES string of the molecule is CC(=O)ON(CC1CC1c1cccc(Oc2ccc(Cl)cc2)c1)C(N)=O. The number of primary amides is 1. The minimum Gasteiger partial charge on any atom is -0.457 e. The standard InChI is InChI=1S/C19H19ClN2O4/c1-12(23)26-22(19(21)24)11-14-10-18(14)13-3-2-4-17(9-13)25-16-7-5-15(20)6-8-16/h2-9,14,18H,10-11H2,1H3,(H2,21,24). The molecule has 1 saturated carbocycles. The third kappa shape index (κ3) is 4.67. The van der Waals surface area contributed by atoms with Gasteiger partial charge >= 0.3 is 12.0 Å². The molecule has 0 heterocycles. The lowest BCUT2D eigenvalue weighted by Gasteiger charge is -2.17. The number of benzene rings is 2. The summed E-state index contributed by atoms with van der Waals surface area (Å²) >= 11 is 5.88. The van der Waals surface area contributed by atoms with Crippen molar-refractivity contribution in [2.75, 3.05) is 6.54 Å². The zero-order valence-electron chi connectivity index (χ0n) is 14.2. The Hall–Kier alpha value is -2.73. The summed E-state index contributed by atoms with van der Waals surface area (Å²) in [6.07, 6.45) is 0.884. The van der Waals surface area contributed by atoms with Crippen LogP contribution in [0, 0.1) is 5.92 Å². The molecule has 1 fully saturated rings. The predicted molar refractivity (Wildman–Crippen MR) is 96.9 cm³/mol. The predicted octanol–water partition coefficient (Wildman–Crippen LogP) is 4.09. The maximum absolute atomic E-state index is 11.4. The highest BCUT2D eigenvalue weighted by Gasteiger charge is 2.41. The fraction of sp³-hybridized carbons (Fsp3) is 0.263. The van der Waals surface area contributed by atoms with Crippen LogP contribution in [0.1, 0.15) is 24.8 Å². The maximum atomic E-state index is 11.4. The number of rotatable bonds is 5. The summed E-state index contributed by atoms with van der Waals surface area (Å²) < 4.78 is 5.85. The second-order valence-corrected chi connectivity index (χ2v) is 6.65. The van der Waals surface area contributed by atoms with Crippen LogP contribution in [-0.4, -0.2) is 23.6 Å². The molecule has 1 aliphatic carbocycles. The summed E-state index contributed by atoms with van der Waals surface area (Å²) in [7, 11) is 0. The quantitative estimate of drug-likeness (QED) is 0.799. The van der Waals surface area contributed by atoms with Crippen LogP contribution >= 0.6 is 11.6 Å². The van der Waals surface area contributed by atoms with Gasteiger partial charge in [0.05, 0.1) is 6.54 Å². The molecule has 3 rings (SSSR count). The van der Waals surface area contributed by atoms with E-state index in [4.69, 9.17) is 26.9 Å². The van der Waals surface area contributed by atoms with Gasteiger partial charge in [-0.15, -0.1) is 0 Å². The summed E-state index contributed by atoms with van der Waals surface area (Å²) in [6, 6.07) is 14.2. The number of nitrogens with two attached hydrogens (primary N) is 1. The molecule has 0 radical (unpaired) electrons. The topological polar surface area (TPSA) is 81.9 Å². The molecule has 0 spiro atoms. The number of hydrogen-bond acceptors (Lipinski definition) is 4. The van der Waals surface area contributed by atoms with Gasteiger partial charge in [0, 0.05) is 11.9 Å². The van der Waals surface area contributed by atoms with E-state index in [1.807, 2.05) is 24.3 Å². The largest absolute Gasteiger partial charge is 0.457 e. The first-order chi connectivity index (χ1) is 12.4. The van der Waals surface area contributed by atoms with E-state index in [0.717, 1.165) is 22.8 Å². The fourth-order valence-electron chi connectivity index (χ4n) is 2.85. The summed E-state index contributed by atoms with van der Waals surface area (Å²) in [5, 5.41) is 1.57. The third-order valence-corrected chi connectivity index (χ3v) is 4.40. The van der Waals surface area contributed by atoms with Crippen LogP contribution in [0.3, 0.4) is 0 Å². The second kappa shape index (κ2) is 7.66. The van der Waals surface area contributed by atoms with Crippen LogP contribution in [-0.2, 0) is 9.63 Å². The van der Waals surface area contributed by atoms with E-state index in [1.165, 1.54) is 6.92 Å². The molecular weight excluding hydrogens is 356 g/mol. The van der Waals surface area contributed by atoms with Gasteiger partial charge in [-0.3, -0.25) is 4.79 Å². The van der Waals surface area contributed by atoms with Gasteiger partial charge in [-0.25, -0.2) is 4.79 Å². The summed E-state index contributed by atoms with van der Waals surface area (Å²) in [6.45, 7) is 1.51. The molecule has 7 heteroatoms. The van der Waals surface area contributed by atoms with Crippen molar-refractivity contribution in [1.82, 2.24) is 5.06 Å². The van der Waals surface area contributed by atoms with E-state index < -0.39 is 12.0 Å². The Kier molecular flexibility index (Phi) is 5.32. The Morgan fingerprint density at radius 2 is 1.92 bits per heavy atom. The van der Waals surface area contributed by atoms with Gasteiger partial charge in [-0.05, 0) is 60.2 Å². The van der Waals surface area contributed by atoms with Crippen molar-refractivity contribution < 1.29 is 19.2 Å². The van der Waals surface area contributed by atoms with Gasteiger partial charge in [0.1, 0.15) is 11.5 Å². The first kappa shape index (κ1) is 18.1. The van der Waals surface area contributed by atoms with Gasteiger partial charge in [0.2, 0.25) is 0 Å². The molecule has 1 aliphatic rings. The highest BCUT2D eigenvalue weighted by Crippen LogP contribution is 2.48. The van der Waals surface area contributed by atoms with Gasteiger partial charge in [-0.2, -0.15) is 5.06 Å². The number of carbonyl (C=O) groups excluding carboxylic acids is 2. The number of amides is 2. The molecule has 6 nitrogen and oxygen atoms in total. The number of carbonyl (C=O) groups is 2. The van der Waals surface area contributed by atoms with Crippen LogP contribution < -0.4 is 10.5 Å². The van der Waals surface area contributed by atoms with Crippen molar-refractivity contribution in [1.29, 1.82) is 0 Å². The average Bonchev–Trinajstić information content (AvgIpc) is 3.35. The fourth-order valence-corrected chi connectivity index (χ4v) is 2.97. The molecule has 136 valence electrons. The number of urea groups is 1. The zero-order chi connectivity index (χ0) is 18.7. The first-order valence-electron chi connectivity index (χ1n) is 8.21. The van der Waals surface area contributed by atoms with Crippen LogP contribution in [0.25, 0.3) is 0 Å². The average molecular weight is 375 g/mol. The van der Waals surface area contributed by atoms with Crippen molar-refractivity contribution in [2.24, 2.45) is 11.7 Å². The summed E-state index contributed by atoms with van der Waals surface area (Å²) in [5.41, 5.74) is 6.35. The minimum atomic E-state index is -0.773. The summed E-state index contributed by atoms with van der Waals surface area (Å²) in [4.78, 5) is 27.3. The van der Waals surface area contributed by atoms with Gasteiger partial charge < -0.3 is 15.3 Å². The van der Waals surface area contributed by atoms with Crippen LogP contribution in [0.4, 0.5) is 4.79 Å². The molecule has 2 N–H and O–H groups in total. The van der Waals surface area contributed by atoms with Gasteiger partial charge in [-0.1, -0.05) is 23.7 Å². The molecule has 2 unspecified atom stereocenters. The second-order valence-electron chi connectivity index (χ2n) is 6.21. The van der Waals surface area contributed by atoms with Crippen molar-refractivity contribution in [3.8, 4) is 11.5 Å². The lowest BCUT2D eigenvalue weighted by Crippen LogP contribution is -2.38. The van der Waals surface area contributed by atoms with Gasteiger partial charge in [0.25, 0.3) is 0 Å². The van der Waals surface area contributed by atoms with E-state index >= 15 is 0 Å². The third-order valence-electron chi connectivity index (χ3n) is 4.14. The van der Waals surface area contributed by atoms with E-state index in [-0.39, 0.29) is 18.4 Å². The highest BCUT2D eigenvalue weighted by molar-refractivity contribution is 6.30. The Balaban J connectivity index is 1.63. The zero-order valence-corrected chi connectivity index (χ0v) is 15.0. The van der Waals surface area contributed by atoms with E-state index in [1.54, 1.807) is 24.3 Å². The molecule has 0 aliphatic heterocycles. The molecule has 2 amide bonds. The lowest BCUT2D eigenvalue weighted by molar-refractivity contribution is -0.174. The number of halogens is 1. The smallest absolute Gasteiger partial charge is 0.348 e. The normalized spacial score (nSPS) is 18.1. The maximum Gasteiger partial charge on any atom is 0.348 e. The molecule has 2 atom stereocenters. The van der Waals surface area contributed by atoms with Crippen molar-refractivity contribution in [2.45, 2.75) is 19.3 Å². The number of hydroxylamine groups is 2. The number of ether oxygens (including phenoxy) is 1. The van der Waals surface area contributed by atoms with E-state index in [0.29, 0.717) is 10.8 Å². The van der Waals surface area contributed by atoms with Crippen LogP contribution in [0.2, 0.25) is 5.02 Å². The van der Waals surface area contributed by atoms with Crippen LogP contribution in [0.15, 0.2) is 48.5 Å². The molecule has 0 aromatic heterocycles. The van der Waals surface area contributed by atoms with E-state index in [9.17, 15) is 9.59 Å². The number of nitrogens with zero attached hydrogens (tertiary/aromatic N) is 1. The Morgan fingerprint density at radius 3 is 2.58 bits per heavy atom. The minimum absolute atomic E-state index is 0.188. The Bertz CT molecular complexity index is 809. The molecule has 2 aromatic rings. The first-order valence-corrected chi connectivity index (χ1v) is 8.59. The van der Waals surface area contributed by atoms with Crippen LogP contribution in [0.5, 0.6) is 11.5 Å². The van der Waals surface area contributed by atoms with E-state index in [2.05, 4.69) is 0 Å².